The fourth-order valence-electron chi connectivity index (χ4n) is 4.50. The second-order valence-electron chi connectivity index (χ2n) is 7.82. The van der Waals surface area contributed by atoms with Gasteiger partial charge < -0.3 is 9.15 Å². The van der Waals surface area contributed by atoms with E-state index in [4.69, 9.17) is 9.15 Å². The van der Waals surface area contributed by atoms with Crippen molar-refractivity contribution in [2.45, 2.75) is 38.6 Å². The number of quaternary nitrogens is 1. The minimum absolute atomic E-state index is 0.192. The third-order valence-electron chi connectivity index (χ3n) is 5.97. The lowest BCUT2D eigenvalue weighted by Gasteiger charge is -2.27. The molecule has 1 N–H and O–H groups in total. The van der Waals surface area contributed by atoms with E-state index in [1.54, 1.807) is 12.1 Å². The van der Waals surface area contributed by atoms with Crippen LogP contribution in [-0.2, 0) is 25.8 Å². The van der Waals surface area contributed by atoms with E-state index in [2.05, 4.69) is 0 Å². The molecule has 0 fully saturated rings. The van der Waals surface area contributed by atoms with Gasteiger partial charge in [-0.25, -0.2) is 9.18 Å². The molecule has 1 atom stereocenters. The number of benzene rings is 2. The lowest BCUT2D eigenvalue weighted by molar-refractivity contribution is -0.932. The molecular formula is C23H23FNO3+. The van der Waals surface area contributed by atoms with Gasteiger partial charge in [-0.1, -0.05) is 12.1 Å². The molecular weight excluding hydrogens is 357 g/mol. The molecule has 2 heterocycles. The first-order chi connectivity index (χ1) is 13.7. The second-order valence-corrected chi connectivity index (χ2v) is 7.82. The van der Waals surface area contributed by atoms with Crippen LogP contribution in [0, 0.1) is 5.82 Å². The average molecular weight is 380 g/mol. The molecule has 5 heteroatoms. The molecule has 0 radical (unpaired) electrons. The van der Waals surface area contributed by atoms with Crippen molar-refractivity contribution in [3.8, 4) is 5.75 Å². The first-order valence-electron chi connectivity index (χ1n) is 10.0. The minimum atomic E-state index is -0.203. The zero-order valence-corrected chi connectivity index (χ0v) is 15.7. The molecule has 144 valence electrons. The van der Waals surface area contributed by atoms with Crippen molar-refractivity contribution in [2.24, 2.45) is 0 Å². The van der Waals surface area contributed by atoms with Gasteiger partial charge in [0.05, 0.1) is 12.1 Å². The van der Waals surface area contributed by atoms with Crippen LogP contribution >= 0.6 is 0 Å². The number of ether oxygens (including phenoxy) is 1. The normalized spacial score (nSPS) is 18.4. The highest BCUT2D eigenvalue weighted by Gasteiger charge is 2.27. The molecule has 0 spiro atoms. The Balaban J connectivity index is 1.45. The summed E-state index contributed by atoms with van der Waals surface area (Å²) < 4.78 is 25.2. The number of nitrogens with one attached hydrogen (secondary N) is 1. The molecule has 0 bridgehead atoms. The number of halogens is 1. The number of aryl methyl sites for hydroxylation is 1. The summed E-state index contributed by atoms with van der Waals surface area (Å²) in [7, 11) is 0. The second kappa shape index (κ2) is 7.06. The summed E-state index contributed by atoms with van der Waals surface area (Å²) in [6.07, 6.45) is 4.69. The lowest BCUT2D eigenvalue weighted by atomic mass is 9.90. The average Bonchev–Trinajstić information content (AvgIpc) is 2.72. The molecule has 2 aliphatic rings. The van der Waals surface area contributed by atoms with E-state index in [-0.39, 0.29) is 11.4 Å². The van der Waals surface area contributed by atoms with Gasteiger partial charge in [0.2, 0.25) is 6.73 Å². The first-order valence-corrected chi connectivity index (χ1v) is 10.0. The van der Waals surface area contributed by atoms with Gasteiger partial charge in [-0.15, -0.1) is 0 Å². The van der Waals surface area contributed by atoms with Crippen LogP contribution in [0.1, 0.15) is 35.1 Å². The molecule has 0 saturated heterocycles. The van der Waals surface area contributed by atoms with Gasteiger partial charge in [0.15, 0.2) is 5.58 Å². The van der Waals surface area contributed by atoms with Gasteiger partial charge in [-0.2, -0.15) is 0 Å². The maximum atomic E-state index is 13.4. The van der Waals surface area contributed by atoms with Crippen LogP contribution in [0.5, 0.6) is 5.75 Å². The smallest absolute Gasteiger partial charge is 0.339 e. The number of hydrogen-bond acceptors (Lipinski definition) is 3. The third-order valence-corrected chi connectivity index (χ3v) is 5.97. The van der Waals surface area contributed by atoms with Crippen LogP contribution < -0.4 is 15.3 Å². The summed E-state index contributed by atoms with van der Waals surface area (Å²) in [6, 6.07) is 10.8. The predicted octanol–water partition coefficient (Wildman–Crippen LogP) is 2.79. The number of rotatable bonds is 3. The SMILES string of the molecule is O=c1oc2c3c(ccc2c2c1CCCC2)OC[NH+](CCc1cccc(F)c1)C3. The standard InChI is InChI=1S/C23H22FNO3/c24-16-5-3-4-15(12-16)10-11-25-13-20-21(27-14-25)9-8-18-17-6-1-2-7-19(17)23(26)28-22(18)20/h3-5,8-9,12H,1-2,6-7,10-11,13-14H2/p+1. The van der Waals surface area contributed by atoms with E-state index >= 15 is 0 Å². The topological polar surface area (TPSA) is 43.9 Å². The van der Waals surface area contributed by atoms with Gasteiger partial charge in [0, 0.05) is 17.4 Å². The highest BCUT2D eigenvalue weighted by molar-refractivity contribution is 5.86. The number of hydrogen-bond donors (Lipinski definition) is 1. The summed E-state index contributed by atoms with van der Waals surface area (Å²) in [4.78, 5) is 13.8. The monoisotopic (exact) mass is 380 g/mol. The van der Waals surface area contributed by atoms with Crippen molar-refractivity contribution in [3.05, 3.63) is 74.9 Å². The summed E-state index contributed by atoms with van der Waals surface area (Å²) >= 11 is 0. The van der Waals surface area contributed by atoms with Crippen molar-refractivity contribution in [1.82, 2.24) is 0 Å². The molecule has 3 aromatic rings. The Hall–Kier alpha value is -2.66. The van der Waals surface area contributed by atoms with E-state index in [1.165, 1.54) is 11.0 Å². The van der Waals surface area contributed by atoms with Crippen molar-refractivity contribution < 1.29 is 18.4 Å². The van der Waals surface area contributed by atoms with E-state index in [1.807, 2.05) is 18.2 Å². The molecule has 28 heavy (non-hydrogen) atoms. The summed E-state index contributed by atoms with van der Waals surface area (Å²) in [5.41, 5.74) is 4.46. The van der Waals surface area contributed by atoms with Gasteiger partial charge in [0.1, 0.15) is 18.1 Å². The van der Waals surface area contributed by atoms with Crippen molar-refractivity contribution in [2.75, 3.05) is 13.3 Å². The quantitative estimate of drug-likeness (QED) is 0.711. The molecule has 1 aliphatic carbocycles. The Kier molecular flexibility index (Phi) is 4.40. The highest BCUT2D eigenvalue weighted by atomic mass is 19.1. The molecule has 1 aromatic heterocycles. The van der Waals surface area contributed by atoms with E-state index in [9.17, 15) is 9.18 Å². The Morgan fingerprint density at radius 1 is 1.04 bits per heavy atom. The number of fused-ring (bicyclic) bond motifs is 5. The van der Waals surface area contributed by atoms with E-state index < -0.39 is 0 Å². The van der Waals surface area contributed by atoms with Gasteiger partial charge in [-0.05, 0) is 61.1 Å². The molecule has 0 amide bonds. The third kappa shape index (κ3) is 3.10. The van der Waals surface area contributed by atoms with Gasteiger partial charge in [0.25, 0.3) is 0 Å². The highest BCUT2D eigenvalue weighted by Crippen LogP contribution is 2.33. The maximum Gasteiger partial charge on any atom is 0.339 e. The Morgan fingerprint density at radius 3 is 2.75 bits per heavy atom. The summed E-state index contributed by atoms with van der Waals surface area (Å²) in [6.45, 7) is 2.13. The van der Waals surface area contributed by atoms with Crippen LogP contribution in [0.3, 0.4) is 0 Å². The van der Waals surface area contributed by atoms with E-state index in [0.717, 1.165) is 78.6 Å². The van der Waals surface area contributed by atoms with Crippen molar-refractivity contribution >= 4 is 11.0 Å². The maximum absolute atomic E-state index is 13.4. The molecule has 0 saturated carbocycles. The van der Waals surface area contributed by atoms with Crippen LogP contribution in [-0.4, -0.2) is 13.3 Å². The molecule has 4 nitrogen and oxygen atoms in total. The lowest BCUT2D eigenvalue weighted by Crippen LogP contribution is -3.12. The zero-order chi connectivity index (χ0) is 19.1. The van der Waals surface area contributed by atoms with Crippen LogP contribution in [0.15, 0.2) is 45.6 Å². The molecule has 1 unspecified atom stereocenters. The zero-order valence-electron chi connectivity index (χ0n) is 15.7. The summed E-state index contributed by atoms with van der Waals surface area (Å²) in [5, 5.41) is 1.06. The summed E-state index contributed by atoms with van der Waals surface area (Å²) in [5.74, 6) is 0.603. The van der Waals surface area contributed by atoms with Crippen molar-refractivity contribution in [3.63, 3.8) is 0 Å². The van der Waals surface area contributed by atoms with Crippen LogP contribution in [0.2, 0.25) is 0 Å². The fraction of sp³-hybridized carbons (Fsp3) is 0.348. The Bertz CT molecular complexity index is 1100. The first kappa shape index (κ1) is 17.4. The van der Waals surface area contributed by atoms with Crippen molar-refractivity contribution in [1.29, 1.82) is 0 Å². The van der Waals surface area contributed by atoms with Crippen LogP contribution in [0.4, 0.5) is 4.39 Å². The molecule has 5 rings (SSSR count). The Morgan fingerprint density at radius 2 is 1.89 bits per heavy atom. The largest absolute Gasteiger partial charge is 0.445 e. The predicted molar refractivity (Wildman–Crippen MR) is 104 cm³/mol. The Labute approximate surface area is 162 Å². The van der Waals surface area contributed by atoms with Crippen LogP contribution in [0.25, 0.3) is 11.0 Å². The van der Waals surface area contributed by atoms with Gasteiger partial charge >= 0.3 is 5.63 Å². The molecule has 2 aromatic carbocycles. The van der Waals surface area contributed by atoms with E-state index in [0.29, 0.717) is 12.3 Å². The van der Waals surface area contributed by atoms with Gasteiger partial charge in [-0.3, -0.25) is 4.90 Å². The fourth-order valence-corrected chi connectivity index (χ4v) is 4.50. The molecule has 1 aliphatic heterocycles. The minimum Gasteiger partial charge on any atom is -0.445 e.